The van der Waals surface area contributed by atoms with Gasteiger partial charge in [-0.3, -0.25) is 4.99 Å². The number of hydrogen-bond acceptors (Lipinski definition) is 2. The first-order chi connectivity index (χ1) is 8.36. The minimum absolute atomic E-state index is 0.518. The summed E-state index contributed by atoms with van der Waals surface area (Å²) in [6.45, 7) is 4.65. The van der Waals surface area contributed by atoms with Crippen LogP contribution in [-0.4, -0.2) is 38.8 Å². The van der Waals surface area contributed by atoms with Gasteiger partial charge in [-0.05, 0) is 32.6 Å². The number of nitrogens with zero attached hydrogens (tertiary/aromatic N) is 1. The highest BCUT2D eigenvalue weighted by Crippen LogP contribution is 2.08. The van der Waals surface area contributed by atoms with Crippen LogP contribution < -0.4 is 10.6 Å². The summed E-state index contributed by atoms with van der Waals surface area (Å²) in [7, 11) is 1.82. The van der Waals surface area contributed by atoms with Crippen LogP contribution in [-0.2, 0) is 4.74 Å². The molecule has 98 valence electrons. The Hall–Kier alpha value is -1.03. The monoisotopic (exact) mass is 239 g/mol. The van der Waals surface area contributed by atoms with Crippen molar-refractivity contribution in [2.75, 3.05) is 26.8 Å². The summed E-state index contributed by atoms with van der Waals surface area (Å²) in [5, 5.41) is 6.74. The van der Waals surface area contributed by atoms with Crippen LogP contribution in [0.15, 0.2) is 17.1 Å². The average Bonchev–Trinajstić information content (AvgIpc) is 2.85. The Morgan fingerprint density at radius 2 is 2.12 bits per heavy atom. The summed E-state index contributed by atoms with van der Waals surface area (Å²) in [4.78, 5) is 4.22. The van der Waals surface area contributed by atoms with Crippen molar-refractivity contribution in [3.05, 3.63) is 12.2 Å². The Bertz CT molecular complexity index is 243. The maximum atomic E-state index is 5.29. The van der Waals surface area contributed by atoms with Gasteiger partial charge in [-0.2, -0.15) is 0 Å². The lowest BCUT2D eigenvalue weighted by Gasteiger charge is -2.16. The molecule has 1 rings (SSSR count). The average molecular weight is 239 g/mol. The number of aliphatic imine (C=N–C) groups is 1. The van der Waals surface area contributed by atoms with Crippen molar-refractivity contribution in [1.29, 1.82) is 0 Å². The van der Waals surface area contributed by atoms with Gasteiger partial charge in [0.05, 0.1) is 0 Å². The van der Waals surface area contributed by atoms with E-state index in [9.17, 15) is 0 Å². The third-order valence-electron chi connectivity index (χ3n) is 2.78. The highest BCUT2D eigenvalue weighted by molar-refractivity contribution is 5.80. The topological polar surface area (TPSA) is 45.6 Å². The summed E-state index contributed by atoms with van der Waals surface area (Å²) in [5.74, 6) is 0.912. The van der Waals surface area contributed by atoms with E-state index >= 15 is 0 Å². The lowest BCUT2D eigenvalue weighted by Crippen LogP contribution is -2.42. The van der Waals surface area contributed by atoms with Gasteiger partial charge in [0.2, 0.25) is 0 Å². The predicted octanol–water partition coefficient (Wildman–Crippen LogP) is 1.69. The van der Waals surface area contributed by atoms with Crippen LogP contribution in [0.3, 0.4) is 0 Å². The molecule has 0 amide bonds. The van der Waals surface area contributed by atoms with Crippen molar-refractivity contribution in [1.82, 2.24) is 10.6 Å². The van der Waals surface area contributed by atoms with Crippen LogP contribution in [0.2, 0.25) is 0 Å². The van der Waals surface area contributed by atoms with E-state index < -0.39 is 0 Å². The first kappa shape index (κ1) is 14.0. The van der Waals surface area contributed by atoms with E-state index in [1.807, 2.05) is 14.0 Å². The minimum Gasteiger partial charge on any atom is -0.382 e. The fourth-order valence-electron chi connectivity index (χ4n) is 1.80. The molecule has 17 heavy (non-hydrogen) atoms. The zero-order valence-electron chi connectivity index (χ0n) is 11.0. The first-order valence-electron chi connectivity index (χ1n) is 6.56. The smallest absolute Gasteiger partial charge is 0.191 e. The predicted molar refractivity (Wildman–Crippen MR) is 72.4 cm³/mol. The summed E-state index contributed by atoms with van der Waals surface area (Å²) in [6, 6.07) is 0.518. The van der Waals surface area contributed by atoms with Crippen LogP contribution in [0.5, 0.6) is 0 Å². The minimum atomic E-state index is 0.518. The number of hydrogen-bond donors (Lipinski definition) is 2. The SMILES string of the molecule is CCOCCCCNC(=NC)NC1CC=CC1. The third-order valence-corrected chi connectivity index (χ3v) is 2.78. The summed E-state index contributed by atoms with van der Waals surface area (Å²) < 4.78 is 5.29. The molecule has 2 N–H and O–H groups in total. The Labute approximate surface area is 105 Å². The van der Waals surface area contributed by atoms with E-state index in [-0.39, 0.29) is 0 Å². The van der Waals surface area contributed by atoms with Gasteiger partial charge in [-0.15, -0.1) is 0 Å². The molecule has 0 bridgehead atoms. The second kappa shape index (κ2) is 9.05. The molecule has 0 atom stereocenters. The highest BCUT2D eigenvalue weighted by atomic mass is 16.5. The van der Waals surface area contributed by atoms with Gasteiger partial charge < -0.3 is 15.4 Å². The van der Waals surface area contributed by atoms with E-state index in [1.54, 1.807) is 0 Å². The van der Waals surface area contributed by atoms with Gasteiger partial charge in [-0.25, -0.2) is 0 Å². The Morgan fingerprint density at radius 3 is 2.76 bits per heavy atom. The van der Waals surface area contributed by atoms with Gasteiger partial charge in [0.25, 0.3) is 0 Å². The summed E-state index contributed by atoms with van der Waals surface area (Å²) in [6.07, 6.45) is 8.85. The lowest BCUT2D eigenvalue weighted by atomic mass is 10.2. The number of nitrogens with one attached hydrogen (secondary N) is 2. The number of ether oxygens (including phenoxy) is 1. The van der Waals surface area contributed by atoms with Crippen molar-refractivity contribution in [3.63, 3.8) is 0 Å². The van der Waals surface area contributed by atoms with Crippen molar-refractivity contribution in [3.8, 4) is 0 Å². The molecule has 4 heteroatoms. The molecule has 0 aliphatic heterocycles. The lowest BCUT2D eigenvalue weighted by molar-refractivity contribution is 0.143. The molecule has 1 aliphatic rings. The van der Waals surface area contributed by atoms with Gasteiger partial charge in [0, 0.05) is 32.8 Å². The quantitative estimate of drug-likeness (QED) is 0.307. The largest absolute Gasteiger partial charge is 0.382 e. The molecule has 0 radical (unpaired) electrons. The second-order valence-corrected chi connectivity index (χ2v) is 4.19. The Balaban J connectivity index is 2.02. The van der Waals surface area contributed by atoms with E-state index in [4.69, 9.17) is 4.74 Å². The molecule has 1 aliphatic carbocycles. The van der Waals surface area contributed by atoms with Crippen molar-refractivity contribution in [2.45, 2.75) is 38.6 Å². The zero-order valence-corrected chi connectivity index (χ0v) is 11.0. The van der Waals surface area contributed by atoms with Crippen LogP contribution >= 0.6 is 0 Å². The third kappa shape index (κ3) is 6.31. The summed E-state index contributed by atoms with van der Waals surface area (Å²) in [5.41, 5.74) is 0. The first-order valence-corrected chi connectivity index (χ1v) is 6.56. The molecule has 0 aromatic heterocycles. The second-order valence-electron chi connectivity index (χ2n) is 4.19. The van der Waals surface area contributed by atoms with Crippen LogP contribution in [0, 0.1) is 0 Å². The highest BCUT2D eigenvalue weighted by Gasteiger charge is 2.10. The van der Waals surface area contributed by atoms with Gasteiger partial charge in [0.15, 0.2) is 5.96 Å². The Kier molecular flexibility index (Phi) is 7.47. The standard InChI is InChI=1S/C13H25N3O/c1-3-17-11-7-6-10-15-13(14-2)16-12-8-4-5-9-12/h4-5,12H,3,6-11H2,1-2H3,(H2,14,15,16). The Morgan fingerprint density at radius 1 is 1.35 bits per heavy atom. The molecule has 4 nitrogen and oxygen atoms in total. The fourth-order valence-corrected chi connectivity index (χ4v) is 1.80. The molecule has 0 saturated carbocycles. The van der Waals surface area contributed by atoms with Crippen LogP contribution in [0.25, 0.3) is 0 Å². The van der Waals surface area contributed by atoms with Gasteiger partial charge >= 0.3 is 0 Å². The van der Waals surface area contributed by atoms with Gasteiger partial charge in [-0.1, -0.05) is 12.2 Å². The van der Waals surface area contributed by atoms with Crippen LogP contribution in [0.1, 0.15) is 32.6 Å². The van der Waals surface area contributed by atoms with Gasteiger partial charge in [0.1, 0.15) is 0 Å². The summed E-state index contributed by atoms with van der Waals surface area (Å²) >= 11 is 0. The molecule has 0 fully saturated rings. The van der Waals surface area contributed by atoms with Crippen LogP contribution in [0.4, 0.5) is 0 Å². The zero-order chi connectivity index (χ0) is 12.3. The van der Waals surface area contributed by atoms with Crippen molar-refractivity contribution < 1.29 is 4.74 Å². The maximum Gasteiger partial charge on any atom is 0.191 e. The van der Waals surface area contributed by atoms with Crippen molar-refractivity contribution in [2.24, 2.45) is 4.99 Å². The van der Waals surface area contributed by atoms with E-state index in [2.05, 4.69) is 27.8 Å². The number of guanidine groups is 1. The molecule has 0 heterocycles. The molecule has 0 aromatic rings. The number of unbranched alkanes of at least 4 members (excludes halogenated alkanes) is 1. The molecule has 0 saturated heterocycles. The normalized spacial score (nSPS) is 16.5. The van der Waals surface area contributed by atoms with Crippen molar-refractivity contribution >= 4 is 5.96 Å². The molecule has 0 aromatic carbocycles. The number of rotatable bonds is 7. The maximum absolute atomic E-state index is 5.29. The molecular formula is C13H25N3O. The fraction of sp³-hybridized carbons (Fsp3) is 0.769. The van der Waals surface area contributed by atoms with E-state index in [1.165, 1.54) is 0 Å². The van der Waals surface area contributed by atoms with E-state index in [0.29, 0.717) is 6.04 Å². The molecule has 0 spiro atoms. The molecular weight excluding hydrogens is 214 g/mol. The van der Waals surface area contributed by atoms with E-state index in [0.717, 1.165) is 51.4 Å². The molecule has 0 unspecified atom stereocenters.